The van der Waals surface area contributed by atoms with E-state index in [2.05, 4.69) is 20.0 Å². The first-order chi connectivity index (χ1) is 14.0. The van der Waals surface area contributed by atoms with Crippen molar-refractivity contribution in [3.63, 3.8) is 0 Å². The number of hydrogen-bond donors (Lipinski definition) is 2. The van der Waals surface area contributed by atoms with Crippen molar-refractivity contribution in [2.45, 2.75) is 0 Å². The third kappa shape index (κ3) is 3.33. The van der Waals surface area contributed by atoms with Crippen LogP contribution in [0.1, 0.15) is 4.88 Å². The highest BCUT2D eigenvalue weighted by atomic mass is 35.5. The Balaban J connectivity index is 1.64. The molecule has 5 rings (SSSR count). The minimum Gasteiger partial charge on any atom is -0.493 e. The number of H-pyrrole nitrogens is 1. The van der Waals surface area contributed by atoms with E-state index in [1.807, 2.05) is 30.3 Å². The van der Waals surface area contributed by atoms with Crippen LogP contribution in [0.25, 0.3) is 22.8 Å². The molecule has 0 saturated carbocycles. The molecule has 1 aliphatic heterocycles. The van der Waals surface area contributed by atoms with Crippen LogP contribution in [-0.4, -0.2) is 15.1 Å². The third-order valence-electron chi connectivity index (χ3n) is 4.37. The molecule has 4 aromatic rings. The Morgan fingerprint density at radius 1 is 1.00 bits per heavy atom. The molecule has 142 valence electrons. The van der Waals surface area contributed by atoms with Crippen LogP contribution in [-0.2, 0) is 0 Å². The fourth-order valence-corrected chi connectivity index (χ4v) is 4.02. The van der Waals surface area contributed by atoms with Crippen LogP contribution in [0, 0.1) is 0 Å². The number of nitrogens with one attached hydrogen (secondary N) is 1. The predicted octanol–water partition coefficient (Wildman–Crippen LogP) is 1.84. The molecule has 3 heterocycles. The number of benzene rings is 2. The monoisotopic (exact) mass is 440 g/mol. The molecule has 2 aromatic carbocycles. The van der Waals surface area contributed by atoms with E-state index in [1.54, 1.807) is 18.2 Å². The lowest BCUT2D eigenvalue weighted by atomic mass is 10.2. The van der Waals surface area contributed by atoms with Gasteiger partial charge in [0, 0.05) is 5.39 Å². The van der Waals surface area contributed by atoms with Gasteiger partial charge in [0.05, 0.1) is 31.2 Å². The van der Waals surface area contributed by atoms with Crippen LogP contribution in [0.3, 0.4) is 0 Å². The van der Waals surface area contributed by atoms with Gasteiger partial charge in [-0.15, -0.1) is 0 Å². The zero-order valence-corrected chi connectivity index (χ0v) is 16.8. The Bertz CT molecular complexity index is 1580. The number of halogens is 2. The summed E-state index contributed by atoms with van der Waals surface area (Å²) in [6, 6.07) is 12.8. The molecular weight excluding hydrogens is 431 g/mol. The molecule has 1 aliphatic rings. The van der Waals surface area contributed by atoms with E-state index in [9.17, 15) is 9.90 Å². The molecule has 2 N–H and O–H groups in total. The average molecular weight is 441 g/mol. The number of nitrogens with zero attached hydrogens (tertiary/aromatic N) is 3. The SMILES string of the molecule is O=c1[nH]c(O)c(/C=c2\ccc3nc(=C4N=c5cc(Cl)c(Cl)cc5=N4)ccc3c2)s1. The molecule has 0 saturated heterocycles. The molecule has 0 fully saturated rings. The minimum atomic E-state index is -0.300. The maximum atomic E-state index is 11.3. The first kappa shape index (κ1) is 18.1. The van der Waals surface area contributed by atoms with E-state index in [0.29, 0.717) is 36.8 Å². The van der Waals surface area contributed by atoms with Gasteiger partial charge < -0.3 is 5.11 Å². The van der Waals surface area contributed by atoms with Crippen LogP contribution < -0.4 is 26.2 Å². The van der Waals surface area contributed by atoms with Crippen molar-refractivity contribution in [1.82, 2.24) is 9.97 Å². The fraction of sp³-hybridized carbons (Fsp3) is 0. The standard InChI is InChI=1S/C20H10Cl2N4O2S/c21-11-7-15-16(8-12(11)22)25-18(24-15)14-4-2-10-5-9(1-3-13(10)23-14)6-17-19(27)26-20(28)29-17/h1-8,27H,(H,26,28)/b9-6+. The van der Waals surface area contributed by atoms with Crippen molar-refractivity contribution < 1.29 is 5.11 Å². The highest BCUT2D eigenvalue weighted by molar-refractivity contribution is 7.10. The first-order valence-electron chi connectivity index (χ1n) is 8.44. The van der Waals surface area contributed by atoms with Gasteiger partial charge in [-0.2, -0.15) is 0 Å². The molecule has 0 spiro atoms. The van der Waals surface area contributed by atoms with Gasteiger partial charge in [-0.1, -0.05) is 46.7 Å². The number of rotatable bonds is 1. The second kappa shape index (κ2) is 6.81. The Labute approximate surface area is 176 Å². The maximum Gasteiger partial charge on any atom is 0.307 e. The highest BCUT2D eigenvalue weighted by Gasteiger charge is 2.08. The lowest BCUT2D eigenvalue weighted by Gasteiger charge is -1.98. The average Bonchev–Trinajstić information content (AvgIpc) is 3.24. The van der Waals surface area contributed by atoms with Gasteiger partial charge in [-0.05, 0) is 41.6 Å². The van der Waals surface area contributed by atoms with Crippen molar-refractivity contribution >= 4 is 57.3 Å². The van der Waals surface area contributed by atoms with Crippen LogP contribution >= 0.6 is 34.5 Å². The molecule has 2 aromatic heterocycles. The van der Waals surface area contributed by atoms with E-state index in [-0.39, 0.29) is 10.8 Å². The zero-order chi connectivity index (χ0) is 20.1. The Morgan fingerprint density at radius 3 is 2.38 bits per heavy atom. The summed E-state index contributed by atoms with van der Waals surface area (Å²) in [5, 5.41) is 14.3. The number of fused-ring (bicyclic) bond motifs is 2. The lowest BCUT2D eigenvalue weighted by molar-refractivity contribution is 0.455. The van der Waals surface area contributed by atoms with Gasteiger partial charge in [0.1, 0.15) is 5.35 Å². The maximum absolute atomic E-state index is 11.3. The second-order valence-corrected chi connectivity index (χ2v) is 8.15. The van der Waals surface area contributed by atoms with Crippen molar-refractivity contribution in [3.8, 4) is 5.88 Å². The van der Waals surface area contributed by atoms with Crippen molar-refractivity contribution in [3.05, 3.63) is 88.3 Å². The number of hydrogen-bond acceptors (Lipinski definition) is 6. The van der Waals surface area contributed by atoms with Crippen molar-refractivity contribution in [1.29, 1.82) is 0 Å². The van der Waals surface area contributed by atoms with E-state index in [0.717, 1.165) is 27.5 Å². The van der Waals surface area contributed by atoms with Crippen LogP contribution in [0.15, 0.2) is 57.2 Å². The van der Waals surface area contributed by atoms with Gasteiger partial charge in [0.25, 0.3) is 0 Å². The molecule has 6 nitrogen and oxygen atoms in total. The van der Waals surface area contributed by atoms with E-state index in [1.165, 1.54) is 0 Å². The van der Waals surface area contributed by atoms with Crippen molar-refractivity contribution in [2.75, 3.05) is 0 Å². The summed E-state index contributed by atoms with van der Waals surface area (Å²) in [6.45, 7) is 0. The second-order valence-electron chi connectivity index (χ2n) is 6.32. The fourth-order valence-electron chi connectivity index (χ4n) is 3.01. The van der Waals surface area contributed by atoms with E-state index in [4.69, 9.17) is 23.2 Å². The Kier molecular flexibility index (Phi) is 4.24. The van der Waals surface area contributed by atoms with Gasteiger partial charge in [0.2, 0.25) is 5.88 Å². The molecule has 29 heavy (non-hydrogen) atoms. The van der Waals surface area contributed by atoms with Gasteiger partial charge in [0.15, 0.2) is 5.82 Å². The molecule has 0 unspecified atom stereocenters. The number of aromatic nitrogens is 2. The van der Waals surface area contributed by atoms with Gasteiger partial charge in [-0.3, -0.25) is 9.78 Å². The van der Waals surface area contributed by atoms with Gasteiger partial charge in [-0.25, -0.2) is 15.0 Å². The minimum absolute atomic E-state index is 0.130. The summed E-state index contributed by atoms with van der Waals surface area (Å²) in [4.78, 5) is 27.5. The molecule has 0 bridgehead atoms. The summed E-state index contributed by atoms with van der Waals surface area (Å²) in [6.07, 6.45) is 1.74. The topological polar surface area (TPSA) is 90.7 Å². The molecular formula is C20H10Cl2N4O2S. The summed E-state index contributed by atoms with van der Waals surface area (Å²) in [7, 11) is 0. The summed E-state index contributed by atoms with van der Waals surface area (Å²) in [5.41, 5.74) is 0.774. The lowest BCUT2D eigenvalue weighted by Crippen LogP contribution is -2.20. The Hall–Kier alpha value is -3.00. The quantitative estimate of drug-likeness (QED) is 0.473. The molecule has 0 radical (unpaired) electrons. The zero-order valence-electron chi connectivity index (χ0n) is 14.5. The van der Waals surface area contributed by atoms with E-state index < -0.39 is 0 Å². The van der Waals surface area contributed by atoms with Gasteiger partial charge >= 0.3 is 4.87 Å². The summed E-state index contributed by atoms with van der Waals surface area (Å²) >= 11 is 13.1. The first-order valence-corrected chi connectivity index (χ1v) is 10.0. The normalized spacial score (nSPS) is 13.4. The summed E-state index contributed by atoms with van der Waals surface area (Å²) in [5.74, 6) is 0.368. The number of thiazole rings is 1. The largest absolute Gasteiger partial charge is 0.493 e. The molecule has 0 amide bonds. The molecule has 0 atom stereocenters. The predicted molar refractivity (Wildman–Crippen MR) is 113 cm³/mol. The van der Waals surface area contributed by atoms with Crippen LogP contribution in [0.4, 0.5) is 0 Å². The van der Waals surface area contributed by atoms with Crippen molar-refractivity contribution in [2.24, 2.45) is 9.98 Å². The Morgan fingerprint density at radius 2 is 1.72 bits per heavy atom. The van der Waals surface area contributed by atoms with Crippen LogP contribution in [0.5, 0.6) is 5.88 Å². The van der Waals surface area contributed by atoms with E-state index >= 15 is 0 Å². The molecule has 0 aliphatic carbocycles. The highest BCUT2D eigenvalue weighted by Crippen LogP contribution is 2.18. The summed E-state index contributed by atoms with van der Waals surface area (Å²) < 4.78 is 0. The number of aromatic amines is 1. The number of aromatic hydroxyl groups is 1. The van der Waals surface area contributed by atoms with Crippen LogP contribution in [0.2, 0.25) is 10.0 Å². The number of pyridine rings is 1. The smallest absolute Gasteiger partial charge is 0.307 e. The molecule has 9 heteroatoms. The third-order valence-corrected chi connectivity index (χ3v) is 5.91.